The van der Waals surface area contributed by atoms with Crippen molar-refractivity contribution in [3.63, 3.8) is 0 Å². The first-order chi connectivity index (χ1) is 16.6. The van der Waals surface area contributed by atoms with E-state index < -0.39 is 11.7 Å². The summed E-state index contributed by atoms with van der Waals surface area (Å²) in [5.41, 5.74) is 4.20. The van der Waals surface area contributed by atoms with Crippen LogP contribution >= 0.6 is 0 Å². The lowest BCUT2D eigenvalue weighted by atomic mass is 9.94. The van der Waals surface area contributed by atoms with Crippen LogP contribution in [0.1, 0.15) is 66.1 Å². The minimum atomic E-state index is -0.588. The fraction of sp³-hybridized carbons (Fsp3) is 0.393. The second kappa shape index (κ2) is 9.64. The molecule has 1 aliphatic rings. The Hall–Kier alpha value is -3.48. The third-order valence-electron chi connectivity index (χ3n) is 6.10. The molecule has 0 unspecified atom stereocenters. The number of aromatic nitrogens is 2. The lowest BCUT2D eigenvalue weighted by molar-refractivity contribution is 0.0222. The highest BCUT2D eigenvalue weighted by Crippen LogP contribution is 2.27. The summed E-state index contributed by atoms with van der Waals surface area (Å²) in [6.07, 6.45) is 0.790. The monoisotopic (exact) mass is 477 g/mol. The van der Waals surface area contributed by atoms with Gasteiger partial charge in [0.2, 0.25) is 0 Å². The number of hydrogen-bond donors (Lipinski definition) is 0. The molecular weight excluding hydrogens is 445 g/mol. The summed E-state index contributed by atoms with van der Waals surface area (Å²) in [7, 11) is 0. The molecule has 1 aliphatic heterocycles. The van der Waals surface area contributed by atoms with Gasteiger partial charge in [-0.3, -0.25) is 4.79 Å². The van der Waals surface area contributed by atoms with Gasteiger partial charge < -0.3 is 9.64 Å². The molecule has 0 spiro atoms. The average Bonchev–Trinajstić information content (AvgIpc) is 3.21. The first kappa shape index (κ1) is 24.6. The van der Waals surface area contributed by atoms with Crippen molar-refractivity contribution in [3.05, 3.63) is 81.9 Å². The Morgan fingerprint density at radius 3 is 2.63 bits per heavy atom. The SMILES string of the molecule is CCc1cccc(-n2nc(C)cc2C(=O)Cc2ccc3c(c2F)CCN(C(=O)OC(C)(C)C)C3)c1. The zero-order valence-electron chi connectivity index (χ0n) is 21.0. The molecule has 2 aromatic carbocycles. The van der Waals surface area contributed by atoms with Crippen LogP contribution in [0.2, 0.25) is 0 Å². The molecule has 0 saturated carbocycles. The standard InChI is InChI=1S/C28H32FN3O3/c1-6-19-8-7-9-22(15-19)32-24(14-18(2)30-32)25(33)16-20-10-11-21-17-31(13-12-23(21)26(20)29)27(34)35-28(3,4)5/h7-11,14-15H,6,12-13,16-17H2,1-5H3. The number of fused-ring (bicyclic) bond motifs is 1. The number of carbonyl (C=O) groups excluding carboxylic acids is 2. The van der Waals surface area contributed by atoms with Crippen molar-refractivity contribution in [2.24, 2.45) is 0 Å². The van der Waals surface area contributed by atoms with E-state index in [2.05, 4.69) is 12.0 Å². The number of halogens is 1. The zero-order valence-corrected chi connectivity index (χ0v) is 21.0. The smallest absolute Gasteiger partial charge is 0.410 e. The molecule has 184 valence electrons. The Kier molecular flexibility index (Phi) is 6.79. The molecule has 0 bridgehead atoms. The summed E-state index contributed by atoms with van der Waals surface area (Å²) < 4.78 is 22.5. The number of ketones is 1. The molecule has 0 aliphatic carbocycles. The number of aryl methyl sites for hydroxylation is 2. The van der Waals surface area contributed by atoms with E-state index in [1.54, 1.807) is 21.7 Å². The summed E-state index contributed by atoms with van der Waals surface area (Å²) in [5, 5.41) is 4.51. The molecule has 6 nitrogen and oxygen atoms in total. The van der Waals surface area contributed by atoms with Gasteiger partial charge in [-0.1, -0.05) is 31.2 Å². The number of hydrogen-bond acceptors (Lipinski definition) is 4. The first-order valence-corrected chi connectivity index (χ1v) is 12.0. The molecule has 1 aromatic heterocycles. The molecule has 4 rings (SSSR count). The Morgan fingerprint density at radius 1 is 1.14 bits per heavy atom. The highest BCUT2D eigenvalue weighted by molar-refractivity contribution is 5.96. The molecular formula is C28H32FN3O3. The van der Waals surface area contributed by atoms with Gasteiger partial charge in [0.1, 0.15) is 17.1 Å². The van der Waals surface area contributed by atoms with Gasteiger partial charge in [-0.15, -0.1) is 0 Å². The van der Waals surface area contributed by atoms with Crippen LogP contribution in [0.15, 0.2) is 42.5 Å². The number of amides is 1. The minimum Gasteiger partial charge on any atom is -0.444 e. The van der Waals surface area contributed by atoms with Crippen LogP contribution in [0.4, 0.5) is 9.18 Å². The largest absolute Gasteiger partial charge is 0.444 e. The van der Waals surface area contributed by atoms with Gasteiger partial charge in [-0.05, 0) is 81.0 Å². The number of carbonyl (C=O) groups is 2. The maximum absolute atomic E-state index is 15.4. The van der Waals surface area contributed by atoms with E-state index in [-0.39, 0.29) is 24.6 Å². The van der Waals surface area contributed by atoms with Crippen molar-refractivity contribution in [2.45, 2.75) is 66.0 Å². The normalized spacial score (nSPS) is 13.5. The van der Waals surface area contributed by atoms with Crippen molar-refractivity contribution in [1.29, 1.82) is 0 Å². The summed E-state index contributed by atoms with van der Waals surface area (Å²) in [5.74, 6) is -0.562. The van der Waals surface area contributed by atoms with Gasteiger partial charge in [0.15, 0.2) is 5.78 Å². The van der Waals surface area contributed by atoms with Crippen LogP contribution in [0.5, 0.6) is 0 Å². The molecule has 0 fully saturated rings. The molecule has 0 N–H and O–H groups in total. The molecule has 3 aromatic rings. The van der Waals surface area contributed by atoms with Crippen molar-refractivity contribution in [2.75, 3.05) is 6.54 Å². The molecule has 2 heterocycles. The van der Waals surface area contributed by atoms with E-state index >= 15 is 4.39 Å². The van der Waals surface area contributed by atoms with Gasteiger partial charge in [0.05, 0.1) is 11.4 Å². The second-order valence-corrected chi connectivity index (χ2v) is 10.0. The first-order valence-electron chi connectivity index (χ1n) is 12.0. The predicted octanol–water partition coefficient (Wildman–Crippen LogP) is 5.60. The molecule has 7 heteroatoms. The van der Waals surface area contributed by atoms with Gasteiger partial charge in [-0.2, -0.15) is 5.10 Å². The molecule has 0 radical (unpaired) electrons. The highest BCUT2D eigenvalue weighted by Gasteiger charge is 2.28. The van der Waals surface area contributed by atoms with Gasteiger partial charge in [0, 0.05) is 19.5 Å². The number of rotatable bonds is 5. The topological polar surface area (TPSA) is 64.4 Å². The van der Waals surface area contributed by atoms with Gasteiger partial charge in [0.25, 0.3) is 0 Å². The maximum atomic E-state index is 15.4. The molecule has 35 heavy (non-hydrogen) atoms. The summed E-state index contributed by atoms with van der Waals surface area (Å²) in [6.45, 7) is 10.0. The lowest BCUT2D eigenvalue weighted by Crippen LogP contribution is -2.40. The summed E-state index contributed by atoms with van der Waals surface area (Å²) in [6, 6.07) is 13.1. The Balaban J connectivity index is 1.55. The van der Waals surface area contributed by atoms with Crippen LogP contribution in [0.3, 0.4) is 0 Å². The van der Waals surface area contributed by atoms with Crippen molar-refractivity contribution in [3.8, 4) is 5.69 Å². The second-order valence-electron chi connectivity index (χ2n) is 10.0. The number of ether oxygens (including phenoxy) is 1. The molecule has 0 atom stereocenters. The van der Waals surface area contributed by atoms with E-state index in [9.17, 15) is 9.59 Å². The van der Waals surface area contributed by atoms with E-state index in [1.165, 1.54) is 0 Å². The third-order valence-corrected chi connectivity index (χ3v) is 6.10. The van der Waals surface area contributed by atoms with E-state index in [0.29, 0.717) is 29.8 Å². The Morgan fingerprint density at radius 2 is 1.91 bits per heavy atom. The number of benzene rings is 2. The minimum absolute atomic E-state index is 0.0620. The van der Waals surface area contributed by atoms with Crippen LogP contribution in [-0.2, 0) is 30.5 Å². The maximum Gasteiger partial charge on any atom is 0.410 e. The lowest BCUT2D eigenvalue weighted by Gasteiger charge is -2.31. The quantitative estimate of drug-likeness (QED) is 0.449. The van der Waals surface area contributed by atoms with Crippen LogP contribution in [-0.4, -0.2) is 38.7 Å². The Bertz CT molecular complexity index is 1270. The van der Waals surface area contributed by atoms with Crippen LogP contribution in [0, 0.1) is 12.7 Å². The van der Waals surface area contributed by atoms with E-state index in [0.717, 1.165) is 28.9 Å². The predicted molar refractivity (Wildman–Crippen MR) is 132 cm³/mol. The van der Waals surface area contributed by atoms with Crippen LogP contribution in [0.25, 0.3) is 5.69 Å². The fourth-order valence-corrected chi connectivity index (χ4v) is 4.35. The zero-order chi connectivity index (χ0) is 25.3. The number of Topliss-reactive ketones (excluding diaryl/α,β-unsaturated/α-hetero) is 1. The fourth-order valence-electron chi connectivity index (χ4n) is 4.35. The third kappa shape index (κ3) is 5.45. The Labute approximate surface area is 205 Å². The highest BCUT2D eigenvalue weighted by atomic mass is 19.1. The molecule has 1 amide bonds. The van der Waals surface area contributed by atoms with E-state index in [1.807, 2.05) is 58.0 Å². The van der Waals surface area contributed by atoms with E-state index in [4.69, 9.17) is 4.74 Å². The van der Waals surface area contributed by atoms with Crippen molar-refractivity contribution in [1.82, 2.24) is 14.7 Å². The molecule has 0 saturated heterocycles. The number of nitrogens with zero attached hydrogens (tertiary/aromatic N) is 3. The van der Waals surface area contributed by atoms with Gasteiger partial charge in [-0.25, -0.2) is 13.9 Å². The average molecular weight is 478 g/mol. The summed E-state index contributed by atoms with van der Waals surface area (Å²) >= 11 is 0. The van der Waals surface area contributed by atoms with Crippen molar-refractivity contribution >= 4 is 11.9 Å². The summed E-state index contributed by atoms with van der Waals surface area (Å²) in [4.78, 5) is 27.3. The van der Waals surface area contributed by atoms with Crippen LogP contribution < -0.4 is 0 Å². The van der Waals surface area contributed by atoms with Gasteiger partial charge >= 0.3 is 6.09 Å². The van der Waals surface area contributed by atoms with Crippen molar-refractivity contribution < 1.29 is 18.7 Å².